The Morgan fingerprint density at radius 3 is 2.59 bits per heavy atom. The van der Waals surface area contributed by atoms with Crippen LogP contribution in [0.5, 0.6) is 17.2 Å². The van der Waals surface area contributed by atoms with Gasteiger partial charge < -0.3 is 19.5 Å². The second-order valence-corrected chi connectivity index (χ2v) is 6.81. The molecule has 0 saturated heterocycles. The molecule has 0 spiro atoms. The highest BCUT2D eigenvalue weighted by atomic mass is 79.9. The van der Waals surface area contributed by atoms with Crippen molar-refractivity contribution in [2.75, 3.05) is 26.1 Å². The van der Waals surface area contributed by atoms with Crippen molar-refractivity contribution in [3.05, 3.63) is 51.0 Å². The Labute approximate surface area is 182 Å². The number of amides is 1. The van der Waals surface area contributed by atoms with Gasteiger partial charge in [-0.1, -0.05) is 33.5 Å². The fourth-order valence-corrected chi connectivity index (χ4v) is 2.94. The summed E-state index contributed by atoms with van der Waals surface area (Å²) in [5, 5.41) is 12.5. The molecule has 2 rings (SSSR count). The highest BCUT2D eigenvalue weighted by Gasteiger charge is 2.16. The lowest BCUT2D eigenvalue weighted by molar-refractivity contribution is -0.112. The molecule has 0 saturated carbocycles. The Morgan fingerprint density at radius 1 is 1.24 bits per heavy atom. The van der Waals surface area contributed by atoms with Gasteiger partial charge in [0.05, 0.1) is 24.9 Å². The molecule has 0 aliphatic carbocycles. The van der Waals surface area contributed by atoms with E-state index < -0.39 is 5.91 Å². The standard InChI is InChI=1S/C21H16BrClN2O4/c1-4-7-29-18-6-5-15(22)9-13(18)8-14(12-24)21(26)25-17-11-19(27-2)16(23)10-20(17)28-3/h1,5-6,8-11H,7H2,2-3H3,(H,25,26)/b14-8+. The van der Waals surface area contributed by atoms with E-state index >= 15 is 0 Å². The van der Waals surface area contributed by atoms with Crippen LogP contribution in [0.2, 0.25) is 5.02 Å². The van der Waals surface area contributed by atoms with Gasteiger partial charge in [0.15, 0.2) is 0 Å². The van der Waals surface area contributed by atoms with Crippen LogP contribution >= 0.6 is 27.5 Å². The first-order valence-corrected chi connectivity index (χ1v) is 9.31. The minimum Gasteiger partial charge on any atom is -0.495 e. The molecule has 0 unspecified atom stereocenters. The second-order valence-electron chi connectivity index (χ2n) is 5.49. The van der Waals surface area contributed by atoms with E-state index in [-0.39, 0.29) is 12.2 Å². The van der Waals surface area contributed by atoms with Crippen molar-refractivity contribution in [2.45, 2.75) is 0 Å². The highest BCUT2D eigenvalue weighted by Crippen LogP contribution is 2.36. The number of nitrogens with zero attached hydrogens (tertiary/aromatic N) is 1. The van der Waals surface area contributed by atoms with E-state index in [9.17, 15) is 10.1 Å². The van der Waals surface area contributed by atoms with Crippen molar-refractivity contribution in [3.8, 4) is 35.7 Å². The lowest BCUT2D eigenvalue weighted by atomic mass is 10.1. The molecular formula is C21H16BrClN2O4. The summed E-state index contributed by atoms with van der Waals surface area (Å²) in [6.45, 7) is 0.0539. The molecule has 0 aliphatic rings. The summed E-state index contributed by atoms with van der Waals surface area (Å²) in [4.78, 5) is 12.7. The van der Waals surface area contributed by atoms with Crippen LogP contribution in [0.4, 0.5) is 5.69 Å². The van der Waals surface area contributed by atoms with E-state index in [2.05, 4.69) is 27.2 Å². The van der Waals surface area contributed by atoms with Gasteiger partial charge in [-0.2, -0.15) is 5.26 Å². The quantitative estimate of drug-likeness (QED) is 0.357. The van der Waals surface area contributed by atoms with Crippen LogP contribution in [0.25, 0.3) is 6.08 Å². The Kier molecular flexibility index (Phi) is 7.97. The minimum absolute atomic E-state index is 0.0539. The first kappa shape index (κ1) is 22.2. The third kappa shape index (κ3) is 5.68. The van der Waals surface area contributed by atoms with Gasteiger partial charge in [-0.25, -0.2) is 0 Å². The van der Waals surface area contributed by atoms with E-state index in [1.165, 1.54) is 32.4 Å². The zero-order chi connectivity index (χ0) is 21.4. The molecule has 29 heavy (non-hydrogen) atoms. The Bertz CT molecular complexity index is 1040. The van der Waals surface area contributed by atoms with Gasteiger partial charge in [-0.05, 0) is 24.3 Å². The van der Waals surface area contributed by atoms with E-state index in [0.717, 1.165) is 4.47 Å². The third-order valence-electron chi connectivity index (χ3n) is 3.67. The fraction of sp³-hybridized carbons (Fsp3) is 0.143. The van der Waals surface area contributed by atoms with Crippen LogP contribution in [0.1, 0.15) is 5.56 Å². The molecule has 0 bridgehead atoms. The molecule has 1 N–H and O–H groups in total. The molecule has 148 valence electrons. The van der Waals surface area contributed by atoms with Crippen LogP contribution in [-0.4, -0.2) is 26.7 Å². The number of nitrogens with one attached hydrogen (secondary N) is 1. The first-order chi connectivity index (χ1) is 13.9. The summed E-state index contributed by atoms with van der Waals surface area (Å²) >= 11 is 9.43. The first-order valence-electron chi connectivity index (χ1n) is 8.14. The number of ether oxygens (including phenoxy) is 3. The van der Waals surface area contributed by atoms with Crippen molar-refractivity contribution >= 4 is 45.2 Å². The summed E-state index contributed by atoms with van der Waals surface area (Å²) in [7, 11) is 2.89. The number of carbonyl (C=O) groups is 1. The summed E-state index contributed by atoms with van der Waals surface area (Å²) in [6.07, 6.45) is 6.64. The number of terminal acetylenes is 1. The van der Waals surface area contributed by atoms with E-state index in [1.807, 2.05) is 6.07 Å². The number of carbonyl (C=O) groups excluding carboxylic acids is 1. The monoisotopic (exact) mass is 474 g/mol. The minimum atomic E-state index is -0.641. The number of benzene rings is 2. The number of halogens is 2. The lowest BCUT2D eigenvalue weighted by Gasteiger charge is -2.13. The predicted octanol–water partition coefficient (Wildman–Crippen LogP) is 4.68. The molecule has 0 heterocycles. The molecule has 2 aromatic carbocycles. The van der Waals surface area contributed by atoms with Crippen LogP contribution in [0, 0.1) is 23.7 Å². The molecule has 1 amide bonds. The number of anilines is 1. The molecule has 2 aromatic rings. The largest absolute Gasteiger partial charge is 0.495 e. The molecule has 6 nitrogen and oxygen atoms in total. The SMILES string of the molecule is C#CCOc1ccc(Br)cc1/C=C(\C#N)C(=O)Nc1cc(OC)c(Cl)cc1OC. The molecule has 0 aromatic heterocycles. The van der Waals surface area contributed by atoms with Gasteiger partial charge in [0.25, 0.3) is 5.91 Å². The maximum atomic E-state index is 12.7. The predicted molar refractivity (Wildman–Crippen MR) is 115 cm³/mol. The molecule has 0 radical (unpaired) electrons. The van der Waals surface area contributed by atoms with Crippen molar-refractivity contribution < 1.29 is 19.0 Å². The van der Waals surface area contributed by atoms with Gasteiger partial charge in [0.2, 0.25) is 0 Å². The van der Waals surface area contributed by atoms with Gasteiger partial charge in [0, 0.05) is 22.2 Å². The number of nitriles is 1. The van der Waals surface area contributed by atoms with Crippen molar-refractivity contribution in [2.24, 2.45) is 0 Å². The Balaban J connectivity index is 2.39. The summed E-state index contributed by atoms with van der Waals surface area (Å²) in [5.41, 5.74) is 0.671. The maximum Gasteiger partial charge on any atom is 0.266 e. The Hall–Kier alpha value is -3.13. The highest BCUT2D eigenvalue weighted by molar-refractivity contribution is 9.10. The molecule has 8 heteroatoms. The van der Waals surface area contributed by atoms with E-state index in [4.69, 9.17) is 32.2 Å². The van der Waals surface area contributed by atoms with Crippen LogP contribution < -0.4 is 19.5 Å². The number of methoxy groups -OCH3 is 2. The summed E-state index contributed by atoms with van der Waals surface area (Å²) < 4.78 is 16.6. The van der Waals surface area contributed by atoms with Gasteiger partial charge in [0.1, 0.15) is 35.5 Å². The molecule has 0 fully saturated rings. The van der Waals surface area contributed by atoms with Gasteiger partial charge >= 0.3 is 0 Å². The van der Waals surface area contributed by atoms with Gasteiger partial charge in [-0.15, -0.1) is 6.42 Å². The van der Waals surface area contributed by atoms with Crippen LogP contribution in [0.15, 0.2) is 40.4 Å². The normalized spacial score (nSPS) is 10.5. The maximum absolute atomic E-state index is 12.7. The molecular weight excluding hydrogens is 460 g/mol. The average Bonchev–Trinajstić information content (AvgIpc) is 2.72. The van der Waals surface area contributed by atoms with Crippen LogP contribution in [-0.2, 0) is 4.79 Å². The number of hydrogen-bond donors (Lipinski definition) is 1. The smallest absolute Gasteiger partial charge is 0.266 e. The van der Waals surface area contributed by atoms with Crippen LogP contribution in [0.3, 0.4) is 0 Å². The van der Waals surface area contributed by atoms with Crippen molar-refractivity contribution in [3.63, 3.8) is 0 Å². The number of hydrogen-bond acceptors (Lipinski definition) is 5. The van der Waals surface area contributed by atoms with Crippen molar-refractivity contribution in [1.29, 1.82) is 5.26 Å². The molecule has 0 atom stereocenters. The van der Waals surface area contributed by atoms with E-state index in [0.29, 0.717) is 33.5 Å². The van der Waals surface area contributed by atoms with Gasteiger partial charge in [-0.3, -0.25) is 4.79 Å². The van der Waals surface area contributed by atoms with Crippen molar-refractivity contribution in [1.82, 2.24) is 0 Å². The molecule has 0 aliphatic heterocycles. The zero-order valence-corrected chi connectivity index (χ0v) is 17.9. The number of rotatable bonds is 7. The summed E-state index contributed by atoms with van der Waals surface area (Å²) in [5.74, 6) is 2.85. The lowest BCUT2D eigenvalue weighted by Crippen LogP contribution is -2.14. The third-order valence-corrected chi connectivity index (χ3v) is 4.46. The summed E-state index contributed by atoms with van der Waals surface area (Å²) in [6, 6.07) is 10.1. The topological polar surface area (TPSA) is 80.6 Å². The fourth-order valence-electron chi connectivity index (χ4n) is 2.33. The average molecular weight is 476 g/mol. The van der Waals surface area contributed by atoms with E-state index in [1.54, 1.807) is 18.2 Å². The second kappa shape index (κ2) is 10.4. The Morgan fingerprint density at radius 2 is 1.97 bits per heavy atom. The zero-order valence-electron chi connectivity index (χ0n) is 15.6.